The van der Waals surface area contributed by atoms with Crippen LogP contribution in [-0.2, 0) is 10.8 Å². The lowest BCUT2D eigenvalue weighted by molar-refractivity contribution is 0.549. The van der Waals surface area contributed by atoms with Crippen molar-refractivity contribution in [3.8, 4) is 0 Å². The molecule has 0 N–H and O–H groups in total. The minimum Gasteiger partial charge on any atom is -0.240 e. The standard InChI is InChI=1S/C14H20N2S/c1-13(2,3)10-7-9-8-15-12(14(4,5)6)16-11(9)17-10/h7-8H,1-6H3. The van der Waals surface area contributed by atoms with Crippen LogP contribution >= 0.6 is 11.3 Å². The number of hydrogen-bond donors (Lipinski definition) is 0. The number of nitrogens with zero attached hydrogens (tertiary/aromatic N) is 2. The van der Waals surface area contributed by atoms with Crippen molar-refractivity contribution >= 4 is 21.6 Å². The van der Waals surface area contributed by atoms with Crippen LogP contribution in [-0.4, -0.2) is 9.97 Å². The van der Waals surface area contributed by atoms with E-state index in [1.54, 1.807) is 11.3 Å². The molecule has 2 nitrogen and oxygen atoms in total. The second kappa shape index (κ2) is 3.77. The normalized spacial score (nSPS) is 13.3. The van der Waals surface area contributed by atoms with Gasteiger partial charge >= 0.3 is 0 Å². The second-order valence-corrected chi connectivity index (χ2v) is 7.60. The Morgan fingerprint density at radius 3 is 2.18 bits per heavy atom. The molecule has 0 aliphatic rings. The van der Waals surface area contributed by atoms with Crippen molar-refractivity contribution in [3.63, 3.8) is 0 Å². The van der Waals surface area contributed by atoms with Crippen LogP contribution in [0, 0.1) is 0 Å². The average Bonchev–Trinajstić information content (AvgIpc) is 2.57. The Hall–Kier alpha value is -0.960. The van der Waals surface area contributed by atoms with Gasteiger partial charge in [-0.3, -0.25) is 0 Å². The lowest BCUT2D eigenvalue weighted by atomic mass is 9.94. The smallest absolute Gasteiger partial charge is 0.135 e. The van der Waals surface area contributed by atoms with E-state index in [4.69, 9.17) is 0 Å². The highest BCUT2D eigenvalue weighted by Gasteiger charge is 2.21. The molecule has 0 saturated heterocycles. The number of rotatable bonds is 0. The fourth-order valence-electron chi connectivity index (χ4n) is 1.56. The van der Waals surface area contributed by atoms with Crippen molar-refractivity contribution in [2.45, 2.75) is 52.4 Å². The van der Waals surface area contributed by atoms with Gasteiger partial charge in [-0.2, -0.15) is 0 Å². The molecule has 2 aromatic rings. The van der Waals surface area contributed by atoms with Crippen LogP contribution < -0.4 is 0 Å². The Morgan fingerprint density at radius 2 is 1.65 bits per heavy atom. The minimum absolute atomic E-state index is 0.0140. The SMILES string of the molecule is CC(C)(C)c1ncc2cc(C(C)(C)C)sc2n1. The van der Waals surface area contributed by atoms with Gasteiger partial charge in [-0.25, -0.2) is 9.97 Å². The molecule has 0 fully saturated rings. The first-order valence-electron chi connectivity index (χ1n) is 5.95. The summed E-state index contributed by atoms with van der Waals surface area (Å²) in [5, 5.41) is 1.16. The van der Waals surface area contributed by atoms with Crippen molar-refractivity contribution in [3.05, 3.63) is 23.0 Å². The Balaban J connectivity index is 2.56. The van der Waals surface area contributed by atoms with Gasteiger partial charge < -0.3 is 0 Å². The monoisotopic (exact) mass is 248 g/mol. The maximum Gasteiger partial charge on any atom is 0.135 e. The highest BCUT2D eigenvalue weighted by molar-refractivity contribution is 7.18. The Morgan fingerprint density at radius 1 is 1.00 bits per heavy atom. The Kier molecular flexibility index (Phi) is 2.77. The maximum absolute atomic E-state index is 4.69. The molecule has 0 atom stereocenters. The second-order valence-electron chi connectivity index (χ2n) is 6.56. The molecule has 0 aliphatic heterocycles. The minimum atomic E-state index is 0.0140. The van der Waals surface area contributed by atoms with Gasteiger partial charge in [-0.05, 0) is 11.5 Å². The zero-order valence-electron chi connectivity index (χ0n) is 11.5. The number of hydrogen-bond acceptors (Lipinski definition) is 3. The topological polar surface area (TPSA) is 25.8 Å². The summed E-state index contributed by atoms with van der Waals surface area (Å²) >= 11 is 1.78. The zero-order valence-corrected chi connectivity index (χ0v) is 12.3. The number of fused-ring (bicyclic) bond motifs is 1. The molecule has 0 amide bonds. The molecule has 0 unspecified atom stereocenters. The summed E-state index contributed by atoms with van der Waals surface area (Å²) in [6.07, 6.45) is 1.95. The van der Waals surface area contributed by atoms with Gasteiger partial charge in [-0.1, -0.05) is 41.5 Å². The van der Waals surface area contributed by atoms with Crippen molar-refractivity contribution in [2.24, 2.45) is 0 Å². The quantitative estimate of drug-likeness (QED) is 0.695. The van der Waals surface area contributed by atoms with E-state index < -0.39 is 0 Å². The summed E-state index contributed by atoms with van der Waals surface area (Å²) in [7, 11) is 0. The van der Waals surface area contributed by atoms with E-state index in [1.165, 1.54) is 4.88 Å². The van der Waals surface area contributed by atoms with Gasteiger partial charge in [0.25, 0.3) is 0 Å². The molecule has 0 saturated carbocycles. The van der Waals surface area contributed by atoms with Crippen molar-refractivity contribution in [1.29, 1.82) is 0 Å². The molecule has 0 radical (unpaired) electrons. The van der Waals surface area contributed by atoms with E-state index in [1.807, 2.05) is 6.20 Å². The summed E-state index contributed by atoms with van der Waals surface area (Å²) in [5.74, 6) is 0.923. The summed E-state index contributed by atoms with van der Waals surface area (Å²) in [6.45, 7) is 13.1. The van der Waals surface area contributed by atoms with Crippen LogP contribution in [0.3, 0.4) is 0 Å². The molecule has 2 rings (SSSR count). The lowest BCUT2D eigenvalue weighted by Crippen LogP contribution is -2.15. The van der Waals surface area contributed by atoms with Crippen LogP contribution in [0.15, 0.2) is 12.3 Å². The summed E-state index contributed by atoms with van der Waals surface area (Å²) in [6, 6.07) is 2.21. The van der Waals surface area contributed by atoms with Gasteiger partial charge in [0.05, 0.1) is 0 Å². The highest BCUT2D eigenvalue weighted by atomic mass is 32.1. The largest absolute Gasteiger partial charge is 0.240 e. The van der Waals surface area contributed by atoms with E-state index >= 15 is 0 Å². The lowest BCUT2D eigenvalue weighted by Gasteiger charge is -2.15. The van der Waals surface area contributed by atoms with Crippen molar-refractivity contribution in [1.82, 2.24) is 9.97 Å². The fraction of sp³-hybridized carbons (Fsp3) is 0.571. The van der Waals surface area contributed by atoms with Crippen LogP contribution in [0.4, 0.5) is 0 Å². The summed E-state index contributed by atoms with van der Waals surface area (Å²) in [4.78, 5) is 11.6. The maximum atomic E-state index is 4.69. The van der Waals surface area contributed by atoms with E-state index in [-0.39, 0.29) is 10.8 Å². The van der Waals surface area contributed by atoms with Crippen molar-refractivity contribution in [2.75, 3.05) is 0 Å². The first kappa shape index (κ1) is 12.5. The van der Waals surface area contributed by atoms with E-state index in [9.17, 15) is 0 Å². The molecule has 2 aromatic heterocycles. The molecular weight excluding hydrogens is 228 g/mol. The first-order valence-corrected chi connectivity index (χ1v) is 6.77. The molecule has 0 aliphatic carbocycles. The molecule has 0 bridgehead atoms. The molecule has 2 heterocycles. The summed E-state index contributed by atoms with van der Waals surface area (Å²) < 4.78 is 0. The predicted octanol–water partition coefficient (Wildman–Crippen LogP) is 4.29. The molecule has 92 valence electrons. The number of aromatic nitrogens is 2. The first-order chi connectivity index (χ1) is 7.68. The molecule has 17 heavy (non-hydrogen) atoms. The van der Waals surface area contributed by atoms with E-state index in [0.29, 0.717) is 0 Å². The molecule has 3 heteroatoms. The van der Waals surface area contributed by atoms with Crippen LogP contribution in [0.2, 0.25) is 0 Å². The third-order valence-electron chi connectivity index (χ3n) is 2.68. The van der Waals surface area contributed by atoms with Crippen LogP contribution in [0.1, 0.15) is 52.2 Å². The third-order valence-corrected chi connectivity index (χ3v) is 4.15. The van der Waals surface area contributed by atoms with Crippen LogP contribution in [0.5, 0.6) is 0 Å². The van der Waals surface area contributed by atoms with Gasteiger partial charge in [0, 0.05) is 21.9 Å². The molecule has 0 spiro atoms. The van der Waals surface area contributed by atoms with Crippen LogP contribution in [0.25, 0.3) is 10.2 Å². The Labute approximate surface area is 107 Å². The third kappa shape index (κ3) is 2.49. The zero-order chi connectivity index (χ0) is 12.8. The molecular formula is C14H20N2S. The van der Waals surface area contributed by atoms with E-state index in [2.05, 4.69) is 57.6 Å². The summed E-state index contributed by atoms with van der Waals surface area (Å²) in [5.41, 5.74) is 0.202. The number of thiophene rings is 1. The predicted molar refractivity (Wildman–Crippen MR) is 74.8 cm³/mol. The molecule has 0 aromatic carbocycles. The van der Waals surface area contributed by atoms with Crippen molar-refractivity contribution < 1.29 is 0 Å². The van der Waals surface area contributed by atoms with Gasteiger partial charge in [-0.15, -0.1) is 11.3 Å². The highest BCUT2D eigenvalue weighted by Crippen LogP contribution is 2.33. The van der Waals surface area contributed by atoms with Gasteiger partial charge in [0.2, 0.25) is 0 Å². The Bertz CT molecular complexity index is 529. The fourth-order valence-corrected chi connectivity index (χ4v) is 2.62. The van der Waals surface area contributed by atoms with Gasteiger partial charge in [0.15, 0.2) is 0 Å². The average molecular weight is 248 g/mol. The van der Waals surface area contributed by atoms with Gasteiger partial charge in [0.1, 0.15) is 10.7 Å². The van der Waals surface area contributed by atoms with E-state index in [0.717, 1.165) is 16.0 Å².